The van der Waals surface area contributed by atoms with Crippen molar-refractivity contribution in [3.8, 4) is 0 Å². The van der Waals surface area contributed by atoms with E-state index in [1.807, 2.05) is 39.8 Å². The Bertz CT molecular complexity index is 1990. The number of nitrogens with two attached hydrogens (primary N) is 1. The predicted molar refractivity (Wildman–Crippen MR) is 248 cm³/mol. The van der Waals surface area contributed by atoms with Crippen LogP contribution >= 0.6 is 0 Å². The maximum atomic E-state index is 14.5. The van der Waals surface area contributed by atoms with Crippen LogP contribution in [0.5, 0.6) is 0 Å². The van der Waals surface area contributed by atoms with Gasteiger partial charge >= 0.3 is 5.97 Å². The Morgan fingerprint density at radius 3 is 1.84 bits per heavy atom. The largest absolute Gasteiger partial charge is 0.469 e. The first-order valence-corrected chi connectivity index (χ1v) is 22.6. The van der Waals surface area contributed by atoms with Gasteiger partial charge in [0.05, 0.1) is 33.0 Å². The lowest BCUT2D eigenvalue weighted by atomic mass is 9.85. The van der Waals surface area contributed by atoms with Gasteiger partial charge < -0.3 is 52.2 Å². The fourth-order valence-electron chi connectivity index (χ4n) is 6.82. The van der Waals surface area contributed by atoms with Crippen LogP contribution in [0.15, 0.2) is 54.6 Å². The van der Waals surface area contributed by atoms with Crippen molar-refractivity contribution in [1.29, 1.82) is 0 Å². The van der Waals surface area contributed by atoms with Crippen LogP contribution in [0.3, 0.4) is 0 Å². The molecule has 0 radical (unpaired) electrons. The zero-order valence-corrected chi connectivity index (χ0v) is 40.0. The van der Waals surface area contributed by atoms with Crippen molar-refractivity contribution in [2.24, 2.45) is 17.1 Å². The molecule has 7 amide bonds. The molecule has 0 bridgehead atoms. The Morgan fingerprint density at radius 1 is 0.687 bits per heavy atom. The van der Waals surface area contributed by atoms with Crippen molar-refractivity contribution < 1.29 is 57.7 Å². The summed E-state index contributed by atoms with van der Waals surface area (Å²) in [5.41, 5.74) is 6.51. The monoisotopic (exact) mass is 938 g/mol. The molecule has 19 heteroatoms. The molecule has 9 N–H and O–H groups in total. The van der Waals surface area contributed by atoms with Gasteiger partial charge in [0.25, 0.3) is 5.91 Å². The van der Waals surface area contributed by atoms with Gasteiger partial charge in [0, 0.05) is 19.3 Å². The number of hydrogen-bond donors (Lipinski definition) is 8. The van der Waals surface area contributed by atoms with Crippen molar-refractivity contribution in [2.75, 3.05) is 20.3 Å². The Kier molecular flexibility index (Phi) is 24.4. The van der Waals surface area contributed by atoms with E-state index in [9.17, 15) is 48.3 Å². The topological polar surface area (TPSA) is 291 Å². The number of aliphatic hydroxyl groups is 1. The molecule has 0 fully saturated rings. The number of ketones is 1. The molecule has 0 aromatic heterocycles. The molecule has 1 unspecified atom stereocenters. The number of rotatable bonds is 29. The number of esters is 1. The lowest BCUT2D eigenvalue weighted by Gasteiger charge is -2.34. The number of hydrogen-bond acceptors (Lipinski definition) is 12. The van der Waals surface area contributed by atoms with Crippen LogP contribution in [0, 0.1) is 18.3 Å². The van der Waals surface area contributed by atoms with Crippen LogP contribution in [0.1, 0.15) is 103 Å². The molecular weight excluding hydrogens is 867 g/mol. The lowest BCUT2D eigenvalue weighted by Crippen LogP contribution is -2.62. The van der Waals surface area contributed by atoms with E-state index in [0.717, 1.165) is 11.1 Å². The molecule has 0 heterocycles. The molecule has 2 rings (SSSR count). The van der Waals surface area contributed by atoms with Crippen LogP contribution in [0.4, 0.5) is 0 Å². The number of aliphatic hydroxyl groups excluding tert-OH is 1. The second-order valence-electron chi connectivity index (χ2n) is 17.9. The fourth-order valence-corrected chi connectivity index (χ4v) is 6.82. The molecule has 0 spiro atoms. The summed E-state index contributed by atoms with van der Waals surface area (Å²) in [5.74, 6) is -7.51. The Morgan fingerprint density at radius 2 is 1.25 bits per heavy atom. The number of unbranched alkanes of at least 4 members (excludes halogenated alkanes) is 1. The van der Waals surface area contributed by atoms with Gasteiger partial charge in [-0.05, 0) is 54.2 Å². The molecule has 19 nitrogen and oxygen atoms in total. The minimum absolute atomic E-state index is 0.0347. The molecule has 370 valence electrons. The predicted octanol–water partition coefficient (Wildman–Crippen LogP) is 1.34. The van der Waals surface area contributed by atoms with E-state index in [2.05, 4.69) is 36.6 Å². The molecule has 67 heavy (non-hydrogen) atoms. The summed E-state index contributed by atoms with van der Waals surface area (Å²) in [6.07, 6.45) is 1.32. The Balaban J connectivity index is 2.47. The number of primary amides is 1. The highest BCUT2D eigenvalue weighted by Gasteiger charge is 2.38. The summed E-state index contributed by atoms with van der Waals surface area (Å²) in [7, 11) is 1.21. The van der Waals surface area contributed by atoms with Crippen molar-refractivity contribution >= 4 is 53.1 Å². The maximum absolute atomic E-state index is 14.5. The van der Waals surface area contributed by atoms with E-state index in [4.69, 9.17) is 10.5 Å². The zero-order valence-electron chi connectivity index (χ0n) is 40.0. The minimum atomic E-state index is -1.50. The molecule has 0 saturated carbocycles. The second kappa shape index (κ2) is 28.7. The van der Waals surface area contributed by atoms with Gasteiger partial charge in [0.2, 0.25) is 41.2 Å². The first kappa shape index (κ1) is 56.9. The number of amides is 7. The van der Waals surface area contributed by atoms with Crippen LogP contribution in [-0.4, -0.2) is 115 Å². The molecule has 2 aromatic rings. The molecule has 0 saturated heterocycles. The van der Waals surface area contributed by atoms with Crippen LogP contribution in [0.2, 0.25) is 0 Å². The van der Waals surface area contributed by atoms with Crippen molar-refractivity contribution in [1.82, 2.24) is 31.9 Å². The molecule has 6 atom stereocenters. The summed E-state index contributed by atoms with van der Waals surface area (Å²) in [5, 5.41) is 25.8. The first-order chi connectivity index (χ1) is 31.6. The van der Waals surface area contributed by atoms with Gasteiger partial charge in [-0.25, -0.2) is 0 Å². The van der Waals surface area contributed by atoms with Crippen molar-refractivity contribution in [3.63, 3.8) is 0 Å². The summed E-state index contributed by atoms with van der Waals surface area (Å²) in [6.45, 7) is 11.2. The third-order valence-electron chi connectivity index (χ3n) is 10.7. The first-order valence-electron chi connectivity index (χ1n) is 22.6. The number of carbonyl (C=O) groups is 9. The lowest BCUT2D eigenvalue weighted by molar-refractivity contribution is -0.141. The number of nitrogens with one attached hydrogen (secondary N) is 6. The van der Waals surface area contributed by atoms with E-state index in [1.165, 1.54) is 7.11 Å². The SMILES string of the molecule is CCCCC(NC(=O)[C@H](CC(C)C)NC(=O)[C@@H](NC(=O)[C@H](Cc1ccccc1C)NC(=O)[C@@H](COCc1ccccc1)NC(=O)[C@H](CO)NC(=O)CCCC(=O)OC)C(C)(C)C)C(=O)C(N)=O. The highest BCUT2D eigenvalue weighted by atomic mass is 16.5. The van der Waals surface area contributed by atoms with E-state index in [1.54, 1.807) is 63.2 Å². The van der Waals surface area contributed by atoms with E-state index in [-0.39, 0.29) is 51.0 Å². The summed E-state index contributed by atoms with van der Waals surface area (Å²) >= 11 is 0. The number of methoxy groups -OCH3 is 1. The van der Waals surface area contributed by atoms with Crippen LogP contribution in [-0.2, 0) is 65.7 Å². The normalized spacial score (nSPS) is 13.9. The van der Waals surface area contributed by atoms with Gasteiger partial charge in [0.15, 0.2) is 0 Å². The third-order valence-corrected chi connectivity index (χ3v) is 10.7. The molecular formula is C48H71N7O12. The standard InChI is InChI=1S/C48H71N7O12/c1-9-10-21-33(40(59)42(49)60)51-43(61)34(24-29(2)3)53-47(65)41(48(5,6)7)55-44(62)35(25-32-20-15-14-17-30(32)4)52-46(64)37(28-67-27-31-18-12-11-13-19-31)54-45(63)36(26-56)50-38(57)22-16-23-39(58)66-8/h11-15,17-20,29,33-37,41,56H,9-10,16,21-28H2,1-8H3,(H2,49,60)(H,50,57)(H,51,61)(H,52,64)(H,53,65)(H,54,63)(H,55,62)/t33?,34-,35-,36-,37+,41+/m0/s1. The Labute approximate surface area is 393 Å². The molecule has 0 aliphatic heterocycles. The third kappa shape index (κ3) is 20.5. The number of carbonyl (C=O) groups excluding carboxylic acids is 9. The number of Topliss-reactive ketones (excluding diaryl/α,β-unsaturated/α-hetero) is 1. The number of ether oxygens (including phenoxy) is 2. The summed E-state index contributed by atoms with van der Waals surface area (Å²) < 4.78 is 10.4. The summed E-state index contributed by atoms with van der Waals surface area (Å²) in [6, 6.07) is 8.11. The highest BCUT2D eigenvalue weighted by Crippen LogP contribution is 2.21. The molecule has 0 aliphatic rings. The average Bonchev–Trinajstić information content (AvgIpc) is 3.27. The number of aryl methyl sites for hydroxylation is 1. The van der Waals surface area contributed by atoms with Gasteiger partial charge in [-0.3, -0.25) is 43.2 Å². The highest BCUT2D eigenvalue weighted by molar-refractivity contribution is 6.37. The zero-order chi connectivity index (χ0) is 50.3. The van der Waals surface area contributed by atoms with Crippen molar-refractivity contribution in [3.05, 3.63) is 71.3 Å². The second-order valence-corrected chi connectivity index (χ2v) is 17.9. The van der Waals surface area contributed by atoms with E-state index in [0.29, 0.717) is 18.4 Å². The average molecular weight is 938 g/mol. The van der Waals surface area contributed by atoms with Gasteiger partial charge in [-0.2, -0.15) is 0 Å². The molecule has 0 aliphatic carbocycles. The summed E-state index contributed by atoms with van der Waals surface area (Å²) in [4.78, 5) is 119. The van der Waals surface area contributed by atoms with Crippen molar-refractivity contribution in [2.45, 2.75) is 143 Å². The van der Waals surface area contributed by atoms with Crippen LogP contribution < -0.4 is 37.6 Å². The van der Waals surface area contributed by atoms with E-state index < -0.39 is 108 Å². The fraction of sp³-hybridized carbons (Fsp3) is 0.562. The molecule has 2 aromatic carbocycles. The van der Waals surface area contributed by atoms with Crippen LogP contribution in [0.25, 0.3) is 0 Å². The minimum Gasteiger partial charge on any atom is -0.469 e. The maximum Gasteiger partial charge on any atom is 0.305 e. The quantitative estimate of drug-likeness (QED) is 0.0424. The number of benzene rings is 2. The smallest absolute Gasteiger partial charge is 0.305 e. The van der Waals surface area contributed by atoms with Gasteiger partial charge in [-0.15, -0.1) is 0 Å². The Hall–Kier alpha value is -6.21. The van der Waals surface area contributed by atoms with E-state index >= 15 is 0 Å². The van der Waals surface area contributed by atoms with Gasteiger partial charge in [-0.1, -0.05) is 109 Å². The van der Waals surface area contributed by atoms with Gasteiger partial charge in [0.1, 0.15) is 30.2 Å².